The van der Waals surface area contributed by atoms with Gasteiger partial charge in [-0.2, -0.15) is 0 Å². The molecule has 0 spiro atoms. The van der Waals surface area contributed by atoms with Crippen molar-refractivity contribution >= 4 is 29.9 Å². The summed E-state index contributed by atoms with van der Waals surface area (Å²) in [5.41, 5.74) is 0. The van der Waals surface area contributed by atoms with Gasteiger partial charge in [-0.05, 0) is 33.2 Å². The lowest BCUT2D eigenvalue weighted by atomic mass is 10.2. The average molecular weight is 398 g/mol. The fraction of sp³-hybridized carbons (Fsp3) is 0.929. The second-order valence-electron chi connectivity index (χ2n) is 5.25. The number of nitrogens with zero attached hydrogens (tertiary/aromatic N) is 2. The van der Waals surface area contributed by atoms with Crippen molar-refractivity contribution in [2.75, 3.05) is 40.3 Å². The molecule has 1 heterocycles. The van der Waals surface area contributed by atoms with Crippen LogP contribution >= 0.6 is 24.0 Å². The van der Waals surface area contributed by atoms with Crippen molar-refractivity contribution in [1.82, 2.24) is 15.5 Å². The molecule has 2 N–H and O–H groups in total. The van der Waals surface area contributed by atoms with Gasteiger partial charge in [0.15, 0.2) is 5.96 Å². The predicted molar refractivity (Wildman–Crippen MR) is 96.1 cm³/mol. The van der Waals surface area contributed by atoms with E-state index in [0.717, 1.165) is 38.6 Å². The number of nitrogens with one attached hydrogen (secondary N) is 2. The molecular weight excluding hydrogens is 367 g/mol. The molecule has 1 fully saturated rings. The Labute approximate surface area is 140 Å². The Morgan fingerprint density at radius 1 is 1.45 bits per heavy atom. The Bertz CT molecular complexity index is 270. The number of halogens is 1. The summed E-state index contributed by atoms with van der Waals surface area (Å²) in [6.07, 6.45) is 3.86. The minimum Gasteiger partial charge on any atom is -0.376 e. The quantitative estimate of drug-likeness (QED) is 0.389. The normalized spacial score (nSPS) is 20.6. The second kappa shape index (κ2) is 11.6. The first-order valence-electron chi connectivity index (χ1n) is 7.43. The van der Waals surface area contributed by atoms with Crippen molar-refractivity contribution in [3.63, 3.8) is 0 Å². The zero-order chi connectivity index (χ0) is 14.1. The third-order valence-corrected chi connectivity index (χ3v) is 3.84. The van der Waals surface area contributed by atoms with Gasteiger partial charge in [0.25, 0.3) is 0 Å². The molecular formula is C14H31IN4O. The van der Waals surface area contributed by atoms with E-state index in [1.54, 1.807) is 0 Å². The molecule has 0 aromatic carbocycles. The molecule has 2 atom stereocenters. The summed E-state index contributed by atoms with van der Waals surface area (Å²) < 4.78 is 5.58. The summed E-state index contributed by atoms with van der Waals surface area (Å²) in [4.78, 5) is 6.59. The van der Waals surface area contributed by atoms with Crippen LogP contribution in [-0.2, 0) is 4.74 Å². The lowest BCUT2D eigenvalue weighted by Gasteiger charge is -2.24. The molecule has 0 amide bonds. The van der Waals surface area contributed by atoms with Crippen molar-refractivity contribution < 1.29 is 4.74 Å². The molecule has 0 aromatic heterocycles. The van der Waals surface area contributed by atoms with Crippen LogP contribution in [0, 0.1) is 0 Å². The third kappa shape index (κ3) is 7.64. The Kier molecular flexibility index (Phi) is 11.5. The van der Waals surface area contributed by atoms with E-state index in [9.17, 15) is 0 Å². The minimum atomic E-state index is 0. The highest BCUT2D eigenvalue weighted by atomic mass is 127. The highest BCUT2D eigenvalue weighted by molar-refractivity contribution is 14.0. The molecule has 120 valence electrons. The van der Waals surface area contributed by atoms with Crippen LogP contribution in [-0.4, -0.2) is 63.3 Å². The molecule has 1 aliphatic heterocycles. The summed E-state index contributed by atoms with van der Waals surface area (Å²) >= 11 is 0. The fourth-order valence-electron chi connectivity index (χ4n) is 2.12. The van der Waals surface area contributed by atoms with E-state index in [-0.39, 0.29) is 24.0 Å². The van der Waals surface area contributed by atoms with Crippen LogP contribution < -0.4 is 10.6 Å². The first kappa shape index (κ1) is 19.9. The summed E-state index contributed by atoms with van der Waals surface area (Å²) in [5.74, 6) is 0.869. The maximum atomic E-state index is 5.58. The van der Waals surface area contributed by atoms with E-state index in [4.69, 9.17) is 4.74 Å². The van der Waals surface area contributed by atoms with Crippen LogP contribution in [0.3, 0.4) is 0 Å². The SMILES string of the molecule is CCC(C)N(C)CCNC(=NC)NCC1CCCO1.I. The molecule has 0 aromatic rings. The topological polar surface area (TPSA) is 48.9 Å². The molecule has 20 heavy (non-hydrogen) atoms. The molecule has 1 saturated heterocycles. The number of likely N-dealkylation sites (N-methyl/N-ethyl adjacent to an activating group) is 1. The van der Waals surface area contributed by atoms with Gasteiger partial charge < -0.3 is 20.3 Å². The highest BCUT2D eigenvalue weighted by Crippen LogP contribution is 2.10. The van der Waals surface area contributed by atoms with Crippen LogP contribution in [0.1, 0.15) is 33.1 Å². The first-order valence-corrected chi connectivity index (χ1v) is 7.43. The van der Waals surface area contributed by atoms with Crippen LogP contribution in [0.5, 0.6) is 0 Å². The van der Waals surface area contributed by atoms with Crippen molar-refractivity contribution in [1.29, 1.82) is 0 Å². The minimum absolute atomic E-state index is 0. The molecule has 0 saturated carbocycles. The Morgan fingerprint density at radius 3 is 2.75 bits per heavy atom. The Morgan fingerprint density at radius 2 is 2.20 bits per heavy atom. The Hall–Kier alpha value is -0.0800. The summed E-state index contributed by atoms with van der Waals surface area (Å²) in [7, 11) is 3.97. The van der Waals surface area contributed by atoms with Crippen LogP contribution in [0.2, 0.25) is 0 Å². The third-order valence-electron chi connectivity index (χ3n) is 3.84. The number of rotatable bonds is 7. The molecule has 0 bridgehead atoms. The lowest BCUT2D eigenvalue weighted by Crippen LogP contribution is -2.44. The smallest absolute Gasteiger partial charge is 0.191 e. The zero-order valence-corrected chi connectivity index (χ0v) is 15.6. The molecule has 1 rings (SSSR count). The standard InChI is InChI=1S/C14H30N4O.HI/c1-5-12(2)18(4)9-8-16-14(15-3)17-11-13-7-6-10-19-13;/h12-13H,5-11H2,1-4H3,(H2,15,16,17);1H. The molecule has 5 nitrogen and oxygen atoms in total. The molecule has 6 heteroatoms. The van der Waals surface area contributed by atoms with Crippen LogP contribution in [0.4, 0.5) is 0 Å². The largest absolute Gasteiger partial charge is 0.376 e. The van der Waals surface area contributed by atoms with Gasteiger partial charge in [0.05, 0.1) is 6.10 Å². The second-order valence-corrected chi connectivity index (χ2v) is 5.25. The predicted octanol–water partition coefficient (Wildman–Crippen LogP) is 1.68. The molecule has 0 aliphatic carbocycles. The molecule has 1 aliphatic rings. The van der Waals surface area contributed by atoms with Gasteiger partial charge in [0.2, 0.25) is 0 Å². The maximum Gasteiger partial charge on any atom is 0.191 e. The van der Waals surface area contributed by atoms with Gasteiger partial charge in [-0.15, -0.1) is 24.0 Å². The first-order chi connectivity index (χ1) is 9.17. The van der Waals surface area contributed by atoms with E-state index in [0.29, 0.717) is 12.1 Å². The van der Waals surface area contributed by atoms with Crippen molar-refractivity contribution in [2.24, 2.45) is 4.99 Å². The van der Waals surface area contributed by atoms with Gasteiger partial charge in [0, 0.05) is 39.3 Å². The Balaban J connectivity index is 0.00000361. The highest BCUT2D eigenvalue weighted by Gasteiger charge is 2.15. The summed E-state index contributed by atoms with van der Waals surface area (Å²) in [6.45, 7) is 8.15. The van der Waals surface area contributed by atoms with Gasteiger partial charge in [0.1, 0.15) is 0 Å². The van der Waals surface area contributed by atoms with E-state index < -0.39 is 0 Å². The maximum absolute atomic E-state index is 5.58. The van der Waals surface area contributed by atoms with E-state index in [1.165, 1.54) is 12.8 Å². The number of guanidine groups is 1. The molecule has 2 unspecified atom stereocenters. The number of aliphatic imine (C=N–C) groups is 1. The number of ether oxygens (including phenoxy) is 1. The summed E-state index contributed by atoms with van der Waals surface area (Å²) in [6, 6.07) is 0.628. The van der Waals surface area contributed by atoms with Gasteiger partial charge in [-0.1, -0.05) is 6.92 Å². The monoisotopic (exact) mass is 398 g/mol. The number of hydrogen-bond donors (Lipinski definition) is 2. The van der Waals surface area contributed by atoms with Gasteiger partial charge >= 0.3 is 0 Å². The van der Waals surface area contributed by atoms with Crippen molar-refractivity contribution in [3.8, 4) is 0 Å². The molecule has 0 radical (unpaired) electrons. The van der Waals surface area contributed by atoms with Crippen LogP contribution in [0.25, 0.3) is 0 Å². The van der Waals surface area contributed by atoms with Gasteiger partial charge in [-0.25, -0.2) is 0 Å². The average Bonchev–Trinajstić information content (AvgIpc) is 2.94. The van der Waals surface area contributed by atoms with Crippen LogP contribution in [0.15, 0.2) is 4.99 Å². The van der Waals surface area contributed by atoms with Gasteiger partial charge in [-0.3, -0.25) is 4.99 Å². The number of hydrogen-bond acceptors (Lipinski definition) is 3. The van der Waals surface area contributed by atoms with E-state index >= 15 is 0 Å². The van der Waals surface area contributed by atoms with Crippen molar-refractivity contribution in [2.45, 2.75) is 45.3 Å². The zero-order valence-electron chi connectivity index (χ0n) is 13.3. The van der Waals surface area contributed by atoms with Crippen molar-refractivity contribution in [3.05, 3.63) is 0 Å². The lowest BCUT2D eigenvalue weighted by molar-refractivity contribution is 0.114. The van der Waals surface area contributed by atoms with E-state index in [1.807, 2.05) is 7.05 Å². The van der Waals surface area contributed by atoms with E-state index in [2.05, 4.69) is 41.4 Å². The fourth-order valence-corrected chi connectivity index (χ4v) is 2.12. The summed E-state index contributed by atoms with van der Waals surface area (Å²) in [5, 5.41) is 6.67.